The van der Waals surface area contributed by atoms with E-state index in [1.54, 1.807) is 29.7 Å². The molecule has 0 saturated carbocycles. The zero-order valence-electron chi connectivity index (χ0n) is 19.1. The van der Waals surface area contributed by atoms with E-state index in [1.807, 2.05) is 5.38 Å². The number of aromatic nitrogens is 2. The monoisotopic (exact) mass is 465 g/mol. The Kier molecular flexibility index (Phi) is 7.33. The van der Waals surface area contributed by atoms with Gasteiger partial charge >= 0.3 is 0 Å². The molecule has 172 valence electrons. The number of hydrogen-bond acceptors (Lipinski definition) is 5. The lowest BCUT2D eigenvalue weighted by molar-refractivity contribution is 0.139. The van der Waals surface area contributed by atoms with E-state index in [2.05, 4.69) is 43.0 Å². The number of fused-ring (bicyclic) bond motifs is 1. The van der Waals surface area contributed by atoms with Crippen LogP contribution in [0.5, 0.6) is 0 Å². The third kappa shape index (κ3) is 5.55. The van der Waals surface area contributed by atoms with Gasteiger partial charge in [-0.1, -0.05) is 38.1 Å². The van der Waals surface area contributed by atoms with E-state index in [0.29, 0.717) is 24.0 Å². The molecule has 0 aliphatic heterocycles. The van der Waals surface area contributed by atoms with Gasteiger partial charge in [-0.15, -0.1) is 11.3 Å². The van der Waals surface area contributed by atoms with Gasteiger partial charge in [-0.3, -0.25) is 14.1 Å². The molecule has 0 saturated heterocycles. The van der Waals surface area contributed by atoms with Crippen molar-refractivity contribution >= 4 is 16.3 Å². The molecule has 5 nitrogen and oxygen atoms in total. The van der Waals surface area contributed by atoms with Gasteiger partial charge in [-0.2, -0.15) is 0 Å². The first kappa shape index (κ1) is 23.3. The Morgan fingerprint density at radius 2 is 1.82 bits per heavy atom. The summed E-state index contributed by atoms with van der Waals surface area (Å²) in [5.41, 5.74) is 4.62. The van der Waals surface area contributed by atoms with Gasteiger partial charge in [0.2, 0.25) is 0 Å². The third-order valence-electron chi connectivity index (χ3n) is 5.65. The van der Waals surface area contributed by atoms with Crippen molar-refractivity contribution in [3.05, 3.63) is 93.0 Å². The standard InChI is InChI=1S/C26H28FN3O2S/c1-18(2)20-6-4-19(5-7-20)15-29(12-13-32-3)16-23-14-25(31)30-24(17-33-26(30)28-23)21-8-10-22(27)11-9-21/h4-11,14,17-18H,12-13,15-16H2,1-3H3. The van der Waals surface area contributed by atoms with Crippen molar-refractivity contribution in [1.82, 2.24) is 14.3 Å². The Bertz CT molecular complexity index is 1260. The Morgan fingerprint density at radius 1 is 1.09 bits per heavy atom. The Morgan fingerprint density at radius 3 is 2.48 bits per heavy atom. The van der Waals surface area contributed by atoms with Gasteiger partial charge in [0.15, 0.2) is 4.96 Å². The molecular formula is C26H28FN3O2S. The fourth-order valence-corrected chi connectivity index (χ4v) is 4.72. The number of halogens is 1. The topological polar surface area (TPSA) is 46.8 Å². The SMILES string of the molecule is COCCN(Cc1ccc(C(C)C)cc1)Cc1cc(=O)n2c(-c3ccc(F)cc3)csc2n1. The van der Waals surface area contributed by atoms with Gasteiger partial charge in [-0.05, 0) is 46.9 Å². The molecule has 0 bridgehead atoms. The summed E-state index contributed by atoms with van der Waals surface area (Å²) in [7, 11) is 1.69. The van der Waals surface area contributed by atoms with Crippen LogP contribution in [0.15, 0.2) is 64.8 Å². The number of nitrogens with zero attached hydrogens (tertiary/aromatic N) is 3. The molecule has 0 amide bonds. The lowest BCUT2D eigenvalue weighted by atomic mass is 10.0. The Balaban J connectivity index is 1.58. The lowest BCUT2D eigenvalue weighted by Gasteiger charge is -2.22. The summed E-state index contributed by atoms with van der Waals surface area (Å²) in [6, 6.07) is 16.4. The number of rotatable bonds is 9. The second-order valence-electron chi connectivity index (χ2n) is 8.43. The van der Waals surface area contributed by atoms with Gasteiger partial charge in [-0.25, -0.2) is 9.37 Å². The molecule has 2 aromatic carbocycles. The normalized spacial score (nSPS) is 11.7. The van der Waals surface area contributed by atoms with Crippen LogP contribution in [0.2, 0.25) is 0 Å². The highest BCUT2D eigenvalue weighted by molar-refractivity contribution is 7.15. The van der Waals surface area contributed by atoms with Crippen LogP contribution in [0.1, 0.15) is 36.6 Å². The summed E-state index contributed by atoms with van der Waals surface area (Å²) in [4.78, 5) is 20.6. The van der Waals surface area contributed by atoms with Crippen LogP contribution in [-0.4, -0.2) is 34.5 Å². The van der Waals surface area contributed by atoms with Crippen LogP contribution in [-0.2, 0) is 17.8 Å². The van der Waals surface area contributed by atoms with E-state index in [9.17, 15) is 9.18 Å². The van der Waals surface area contributed by atoms with Crippen LogP contribution < -0.4 is 5.56 Å². The number of hydrogen-bond donors (Lipinski definition) is 0. The number of methoxy groups -OCH3 is 1. The molecule has 0 unspecified atom stereocenters. The summed E-state index contributed by atoms with van der Waals surface area (Å²) in [6.45, 7) is 6.99. The van der Waals surface area contributed by atoms with Crippen molar-refractivity contribution in [1.29, 1.82) is 0 Å². The van der Waals surface area contributed by atoms with E-state index in [1.165, 1.54) is 34.6 Å². The van der Waals surface area contributed by atoms with Gasteiger partial charge in [0.25, 0.3) is 5.56 Å². The zero-order chi connectivity index (χ0) is 23.4. The molecule has 0 aliphatic rings. The fraction of sp³-hybridized carbons (Fsp3) is 0.308. The maximum Gasteiger partial charge on any atom is 0.259 e. The molecule has 2 heterocycles. The number of thiazole rings is 1. The number of benzene rings is 2. The maximum absolute atomic E-state index is 13.3. The Hall–Kier alpha value is -2.87. The minimum Gasteiger partial charge on any atom is -0.383 e. The highest BCUT2D eigenvalue weighted by Gasteiger charge is 2.14. The highest BCUT2D eigenvalue weighted by Crippen LogP contribution is 2.24. The molecule has 2 aromatic heterocycles. The average molecular weight is 466 g/mol. The van der Waals surface area contributed by atoms with Crippen molar-refractivity contribution in [3.63, 3.8) is 0 Å². The minimum absolute atomic E-state index is 0.136. The Labute approximate surface area is 197 Å². The van der Waals surface area contributed by atoms with E-state index in [4.69, 9.17) is 9.72 Å². The summed E-state index contributed by atoms with van der Waals surface area (Å²) in [6.07, 6.45) is 0. The molecule has 33 heavy (non-hydrogen) atoms. The summed E-state index contributed by atoms with van der Waals surface area (Å²) in [5, 5.41) is 1.89. The molecule has 4 aromatic rings. The van der Waals surface area contributed by atoms with E-state index in [0.717, 1.165) is 30.0 Å². The van der Waals surface area contributed by atoms with Crippen LogP contribution >= 0.6 is 11.3 Å². The number of ether oxygens (including phenoxy) is 1. The summed E-state index contributed by atoms with van der Waals surface area (Å²) in [5.74, 6) is 0.194. The maximum atomic E-state index is 13.3. The minimum atomic E-state index is -0.305. The molecular weight excluding hydrogens is 437 g/mol. The van der Waals surface area contributed by atoms with E-state index < -0.39 is 0 Å². The van der Waals surface area contributed by atoms with Crippen molar-refractivity contribution in [2.24, 2.45) is 0 Å². The molecule has 0 aliphatic carbocycles. The van der Waals surface area contributed by atoms with Gasteiger partial charge < -0.3 is 4.74 Å². The van der Waals surface area contributed by atoms with Crippen LogP contribution in [0, 0.1) is 5.82 Å². The molecule has 0 radical (unpaired) electrons. The summed E-state index contributed by atoms with van der Waals surface area (Å²) >= 11 is 1.41. The van der Waals surface area contributed by atoms with Crippen molar-refractivity contribution in [2.45, 2.75) is 32.9 Å². The average Bonchev–Trinajstić information content (AvgIpc) is 3.23. The quantitative estimate of drug-likeness (QED) is 0.335. The smallest absolute Gasteiger partial charge is 0.259 e. The fourth-order valence-electron chi connectivity index (χ4n) is 3.80. The molecule has 0 N–H and O–H groups in total. The van der Waals surface area contributed by atoms with Gasteiger partial charge in [0.1, 0.15) is 5.82 Å². The van der Waals surface area contributed by atoms with Crippen LogP contribution in [0.3, 0.4) is 0 Å². The third-order valence-corrected chi connectivity index (χ3v) is 6.47. The van der Waals surface area contributed by atoms with E-state index >= 15 is 0 Å². The van der Waals surface area contributed by atoms with Crippen LogP contribution in [0.25, 0.3) is 16.2 Å². The first-order chi connectivity index (χ1) is 15.9. The first-order valence-electron chi connectivity index (χ1n) is 11.0. The molecule has 0 atom stereocenters. The van der Waals surface area contributed by atoms with Gasteiger partial charge in [0, 0.05) is 38.2 Å². The first-order valence-corrected chi connectivity index (χ1v) is 11.9. The predicted octanol–water partition coefficient (Wildman–Crippen LogP) is 5.33. The van der Waals surface area contributed by atoms with Crippen molar-refractivity contribution in [3.8, 4) is 11.3 Å². The van der Waals surface area contributed by atoms with Crippen molar-refractivity contribution in [2.75, 3.05) is 20.3 Å². The van der Waals surface area contributed by atoms with Gasteiger partial charge in [0.05, 0.1) is 18.0 Å². The largest absolute Gasteiger partial charge is 0.383 e. The molecule has 7 heteroatoms. The zero-order valence-corrected chi connectivity index (χ0v) is 19.9. The molecule has 0 spiro atoms. The summed E-state index contributed by atoms with van der Waals surface area (Å²) < 4.78 is 20.2. The van der Waals surface area contributed by atoms with Crippen LogP contribution in [0.4, 0.5) is 4.39 Å². The lowest BCUT2D eigenvalue weighted by Crippen LogP contribution is -2.28. The highest BCUT2D eigenvalue weighted by atomic mass is 32.1. The molecule has 4 rings (SSSR count). The molecule has 0 fully saturated rings. The second kappa shape index (κ2) is 10.4. The predicted molar refractivity (Wildman–Crippen MR) is 131 cm³/mol. The second-order valence-corrected chi connectivity index (χ2v) is 9.27. The van der Waals surface area contributed by atoms with Crippen molar-refractivity contribution < 1.29 is 9.13 Å². The van der Waals surface area contributed by atoms with E-state index in [-0.39, 0.29) is 11.4 Å².